The number of nitrogens with zero attached hydrogens (tertiary/aromatic N) is 3. The fourth-order valence-corrected chi connectivity index (χ4v) is 3.89. The molecule has 35 heavy (non-hydrogen) atoms. The summed E-state index contributed by atoms with van der Waals surface area (Å²) in [4.78, 5) is 28.6. The molecule has 0 saturated carbocycles. The summed E-state index contributed by atoms with van der Waals surface area (Å²) >= 11 is 0. The van der Waals surface area contributed by atoms with Gasteiger partial charge in [0, 0.05) is 36.6 Å². The van der Waals surface area contributed by atoms with Crippen molar-refractivity contribution in [3.8, 4) is 6.07 Å². The van der Waals surface area contributed by atoms with Crippen LogP contribution >= 0.6 is 0 Å². The van der Waals surface area contributed by atoms with Gasteiger partial charge >= 0.3 is 12.2 Å². The molecule has 6 nitrogen and oxygen atoms in total. The second-order valence-corrected chi connectivity index (χ2v) is 8.10. The molecule has 1 fully saturated rings. The zero-order valence-electron chi connectivity index (χ0n) is 18.5. The molecule has 1 aliphatic heterocycles. The molecule has 3 aromatic rings. The van der Waals surface area contributed by atoms with Crippen LogP contribution in [0.5, 0.6) is 0 Å². The molecule has 0 radical (unpaired) electrons. The number of urea groups is 1. The highest BCUT2D eigenvalue weighted by atomic mass is 19.4. The number of amides is 3. The number of nitriles is 1. The van der Waals surface area contributed by atoms with Gasteiger partial charge in [-0.15, -0.1) is 0 Å². The van der Waals surface area contributed by atoms with Crippen LogP contribution < -0.4 is 10.2 Å². The number of hydrogen-bond acceptors (Lipinski definition) is 3. The van der Waals surface area contributed by atoms with E-state index >= 15 is 0 Å². The lowest BCUT2D eigenvalue weighted by Gasteiger charge is -2.35. The number of alkyl halides is 3. The predicted octanol–water partition coefficient (Wildman–Crippen LogP) is 5.66. The molecular formula is C26H21F3N4O2. The molecule has 0 bridgehead atoms. The van der Waals surface area contributed by atoms with Crippen molar-refractivity contribution in [3.63, 3.8) is 0 Å². The molecule has 0 spiro atoms. The Kier molecular flexibility index (Phi) is 6.73. The summed E-state index contributed by atoms with van der Waals surface area (Å²) in [5, 5.41) is 11.7. The Labute approximate surface area is 200 Å². The first kappa shape index (κ1) is 23.8. The van der Waals surface area contributed by atoms with Crippen molar-refractivity contribution in [2.45, 2.75) is 19.1 Å². The Bertz CT molecular complexity index is 1280. The number of anilines is 2. The quantitative estimate of drug-likeness (QED) is 0.514. The zero-order chi connectivity index (χ0) is 25.0. The molecule has 1 N–H and O–H groups in total. The topological polar surface area (TPSA) is 76.4 Å². The first-order valence-electron chi connectivity index (χ1n) is 10.9. The number of rotatable bonds is 5. The Hall–Kier alpha value is -4.32. The lowest BCUT2D eigenvalue weighted by atomic mass is 10.1. The predicted molar refractivity (Wildman–Crippen MR) is 125 cm³/mol. The van der Waals surface area contributed by atoms with Gasteiger partial charge in [0.1, 0.15) is 0 Å². The highest BCUT2D eigenvalue weighted by Gasteiger charge is 2.31. The molecule has 0 atom stereocenters. The molecule has 3 aromatic carbocycles. The van der Waals surface area contributed by atoms with Crippen LogP contribution in [0.4, 0.5) is 29.3 Å². The van der Waals surface area contributed by atoms with Crippen LogP contribution in [0, 0.1) is 11.3 Å². The number of hydrogen-bond donors (Lipinski definition) is 1. The lowest BCUT2D eigenvalue weighted by molar-refractivity contribution is -0.137. The Balaban J connectivity index is 1.43. The van der Waals surface area contributed by atoms with Gasteiger partial charge in [-0.25, -0.2) is 4.79 Å². The van der Waals surface area contributed by atoms with E-state index < -0.39 is 11.7 Å². The van der Waals surface area contributed by atoms with E-state index in [0.29, 0.717) is 47.6 Å². The van der Waals surface area contributed by atoms with Crippen molar-refractivity contribution in [2.24, 2.45) is 0 Å². The van der Waals surface area contributed by atoms with Gasteiger partial charge < -0.3 is 10.2 Å². The Morgan fingerprint density at radius 3 is 2.46 bits per heavy atom. The maximum Gasteiger partial charge on any atom is 0.416 e. The summed E-state index contributed by atoms with van der Waals surface area (Å²) in [5.74, 6) is -0.365. The molecule has 1 aliphatic rings. The van der Waals surface area contributed by atoms with Crippen LogP contribution in [0.3, 0.4) is 0 Å². The lowest BCUT2D eigenvalue weighted by Crippen LogP contribution is -2.49. The summed E-state index contributed by atoms with van der Waals surface area (Å²) < 4.78 is 39.1. The second-order valence-electron chi connectivity index (χ2n) is 8.10. The Morgan fingerprint density at radius 1 is 1.00 bits per heavy atom. The average Bonchev–Trinajstić information content (AvgIpc) is 2.85. The summed E-state index contributed by atoms with van der Waals surface area (Å²) in [7, 11) is 0. The first-order chi connectivity index (χ1) is 16.7. The second kappa shape index (κ2) is 9.89. The minimum absolute atomic E-state index is 0.0785. The van der Waals surface area contributed by atoms with Crippen LogP contribution in [0.15, 0.2) is 72.8 Å². The van der Waals surface area contributed by atoms with Gasteiger partial charge in [-0.2, -0.15) is 18.4 Å². The van der Waals surface area contributed by atoms with Crippen molar-refractivity contribution < 1.29 is 22.8 Å². The SMILES string of the molecule is N#Cc1cccc(C(=O)Nc2ccc(N3CCCN(Cc4cccc(C(F)(F)F)c4)C3=O)cc2)c1. The van der Waals surface area contributed by atoms with Crippen molar-refractivity contribution in [1.29, 1.82) is 5.26 Å². The third kappa shape index (κ3) is 5.61. The molecule has 4 rings (SSSR count). The zero-order valence-corrected chi connectivity index (χ0v) is 18.5. The molecule has 1 heterocycles. The standard InChI is InChI=1S/C26H21F3N4O2/c27-26(28,29)21-7-2-5-19(15-21)17-32-12-3-13-33(25(32)35)23-10-8-22(9-11-23)31-24(34)20-6-1-4-18(14-20)16-30/h1-2,4-11,14-15H,3,12-13,17H2,(H,31,34). The summed E-state index contributed by atoms with van der Waals surface area (Å²) in [6, 6.07) is 19.8. The van der Waals surface area contributed by atoms with Crippen LogP contribution in [0.1, 0.15) is 33.5 Å². The van der Waals surface area contributed by atoms with Crippen molar-refractivity contribution in [1.82, 2.24) is 4.90 Å². The molecule has 9 heteroatoms. The average molecular weight is 478 g/mol. The van der Waals surface area contributed by atoms with E-state index in [0.717, 1.165) is 12.1 Å². The maximum atomic E-state index is 13.1. The highest BCUT2D eigenvalue weighted by molar-refractivity contribution is 6.04. The van der Waals surface area contributed by atoms with Crippen LogP contribution in [0.2, 0.25) is 0 Å². The number of carbonyl (C=O) groups excluding carboxylic acids is 2. The molecule has 0 unspecified atom stereocenters. The monoisotopic (exact) mass is 478 g/mol. The summed E-state index contributed by atoms with van der Waals surface area (Å²) in [6.07, 6.45) is -3.78. The number of carbonyl (C=O) groups is 2. The number of halogens is 3. The van der Waals surface area contributed by atoms with Crippen molar-refractivity contribution >= 4 is 23.3 Å². The third-order valence-electron chi connectivity index (χ3n) is 5.63. The molecule has 0 aliphatic carbocycles. The van der Waals surface area contributed by atoms with Gasteiger partial charge in [0.25, 0.3) is 5.91 Å². The molecular weight excluding hydrogens is 457 g/mol. The summed E-state index contributed by atoms with van der Waals surface area (Å²) in [6.45, 7) is 1.00. The van der Waals surface area contributed by atoms with E-state index in [2.05, 4.69) is 5.32 Å². The minimum atomic E-state index is -4.44. The molecule has 0 aromatic heterocycles. The summed E-state index contributed by atoms with van der Waals surface area (Å²) in [5.41, 5.74) is 1.54. The number of benzene rings is 3. The van der Waals surface area contributed by atoms with Crippen LogP contribution in [-0.4, -0.2) is 29.9 Å². The van der Waals surface area contributed by atoms with E-state index in [9.17, 15) is 22.8 Å². The van der Waals surface area contributed by atoms with Gasteiger partial charge in [-0.1, -0.05) is 18.2 Å². The van der Waals surface area contributed by atoms with E-state index in [1.54, 1.807) is 53.4 Å². The van der Waals surface area contributed by atoms with Gasteiger partial charge in [0.15, 0.2) is 0 Å². The molecule has 3 amide bonds. The van der Waals surface area contributed by atoms with Crippen LogP contribution in [0.25, 0.3) is 0 Å². The third-order valence-corrected chi connectivity index (χ3v) is 5.63. The van der Waals surface area contributed by atoms with Gasteiger partial charge in [0.05, 0.1) is 17.2 Å². The van der Waals surface area contributed by atoms with Gasteiger partial charge in [-0.05, 0) is 66.6 Å². The molecule has 178 valence electrons. The molecule has 1 saturated heterocycles. The minimum Gasteiger partial charge on any atom is -0.322 e. The van der Waals surface area contributed by atoms with Gasteiger partial charge in [0.2, 0.25) is 0 Å². The van der Waals surface area contributed by atoms with Crippen molar-refractivity contribution in [3.05, 3.63) is 95.1 Å². The Morgan fingerprint density at radius 2 is 1.74 bits per heavy atom. The number of nitrogens with one attached hydrogen (secondary N) is 1. The smallest absolute Gasteiger partial charge is 0.322 e. The normalized spacial score (nSPS) is 13.9. The van der Waals surface area contributed by atoms with E-state index in [4.69, 9.17) is 5.26 Å². The first-order valence-corrected chi connectivity index (χ1v) is 10.9. The fourth-order valence-electron chi connectivity index (χ4n) is 3.89. The van der Waals surface area contributed by atoms with E-state index in [1.807, 2.05) is 6.07 Å². The van der Waals surface area contributed by atoms with Gasteiger partial charge in [-0.3, -0.25) is 9.69 Å². The maximum absolute atomic E-state index is 13.1. The largest absolute Gasteiger partial charge is 0.416 e. The highest BCUT2D eigenvalue weighted by Crippen LogP contribution is 2.30. The van der Waals surface area contributed by atoms with E-state index in [-0.39, 0.29) is 18.5 Å². The fraction of sp³-hybridized carbons (Fsp3) is 0.192. The van der Waals surface area contributed by atoms with Crippen LogP contribution in [-0.2, 0) is 12.7 Å². The van der Waals surface area contributed by atoms with E-state index in [1.165, 1.54) is 17.0 Å². The van der Waals surface area contributed by atoms with Crippen molar-refractivity contribution in [2.75, 3.05) is 23.3 Å².